The molecular formula is C22H21Cl2N3O3. The quantitative estimate of drug-likeness (QED) is 0.533. The van der Waals surface area contributed by atoms with Crippen molar-refractivity contribution in [2.75, 3.05) is 13.2 Å². The first kappa shape index (κ1) is 20.7. The molecule has 2 aromatic carbocycles. The number of halogens is 2. The minimum atomic E-state index is -0.470. The number of amides is 1. The molecule has 2 heterocycles. The summed E-state index contributed by atoms with van der Waals surface area (Å²) in [7, 11) is 0. The number of phenols is 1. The maximum Gasteiger partial charge on any atom is 0.273 e. The lowest BCUT2D eigenvalue weighted by Crippen LogP contribution is -2.31. The van der Waals surface area contributed by atoms with E-state index in [2.05, 4.69) is 10.2 Å². The Hall–Kier alpha value is -2.54. The standard InChI is InChI=1S/C22H21Cl2N3O3/c1-11-8-12(2)21(29)14(9-11)18-17-19(26-25-18)22(30)27(6-3-7-28)20(17)13-4-5-15(23)16(24)10-13/h4-5,8-10,20,28-29H,3,6-7H2,1-2H3,(H,25,26)/t20-/m0/s1. The van der Waals surface area contributed by atoms with Crippen molar-refractivity contribution in [1.29, 1.82) is 0 Å². The zero-order chi connectivity index (χ0) is 21.6. The molecule has 0 bridgehead atoms. The number of aryl methyl sites for hydroxylation is 2. The van der Waals surface area contributed by atoms with E-state index in [1.54, 1.807) is 17.0 Å². The van der Waals surface area contributed by atoms with Gasteiger partial charge in [0.05, 0.1) is 16.1 Å². The largest absolute Gasteiger partial charge is 0.507 e. The van der Waals surface area contributed by atoms with Crippen LogP contribution in [0.1, 0.15) is 45.2 Å². The molecule has 3 aromatic rings. The summed E-state index contributed by atoms with van der Waals surface area (Å²) >= 11 is 12.4. The van der Waals surface area contributed by atoms with Gasteiger partial charge in [0.1, 0.15) is 17.1 Å². The zero-order valence-corrected chi connectivity index (χ0v) is 18.1. The van der Waals surface area contributed by atoms with E-state index >= 15 is 0 Å². The number of hydrogen-bond donors (Lipinski definition) is 3. The van der Waals surface area contributed by atoms with Crippen LogP contribution < -0.4 is 0 Å². The summed E-state index contributed by atoms with van der Waals surface area (Å²) < 4.78 is 0. The SMILES string of the molecule is Cc1cc(C)c(O)c(-c2n[nH]c3c2[C@H](c2ccc(Cl)c(Cl)c2)N(CCCO)C3=O)c1. The van der Waals surface area contributed by atoms with Crippen LogP contribution in [0.15, 0.2) is 30.3 Å². The number of aromatic amines is 1. The molecule has 0 saturated carbocycles. The third-order valence-electron chi connectivity index (χ3n) is 5.38. The summed E-state index contributed by atoms with van der Waals surface area (Å²) in [6.07, 6.45) is 0.436. The van der Waals surface area contributed by atoms with Crippen LogP contribution in [0.4, 0.5) is 0 Å². The number of carbonyl (C=O) groups is 1. The summed E-state index contributed by atoms with van der Waals surface area (Å²) in [4.78, 5) is 14.8. The number of benzene rings is 2. The molecule has 0 saturated heterocycles. The molecule has 0 unspecified atom stereocenters. The number of aromatic nitrogens is 2. The molecule has 1 amide bonds. The molecule has 1 aliphatic heterocycles. The van der Waals surface area contributed by atoms with E-state index < -0.39 is 6.04 Å². The van der Waals surface area contributed by atoms with E-state index in [1.807, 2.05) is 32.0 Å². The third kappa shape index (κ3) is 3.35. The Kier molecular flexibility index (Phi) is 5.49. The Bertz CT molecular complexity index is 1140. The maximum absolute atomic E-state index is 13.2. The summed E-state index contributed by atoms with van der Waals surface area (Å²) in [6, 6.07) is 8.53. The van der Waals surface area contributed by atoms with E-state index in [1.165, 1.54) is 0 Å². The van der Waals surface area contributed by atoms with Crippen molar-refractivity contribution in [3.8, 4) is 17.0 Å². The van der Waals surface area contributed by atoms with Gasteiger partial charge in [0, 0.05) is 24.3 Å². The van der Waals surface area contributed by atoms with E-state index in [0.717, 1.165) is 16.7 Å². The lowest BCUT2D eigenvalue weighted by atomic mass is 9.94. The Balaban J connectivity index is 1.93. The Labute approximate surface area is 184 Å². The molecule has 0 aliphatic carbocycles. The number of phenolic OH excluding ortho intramolecular Hbond substituents is 1. The average molecular weight is 446 g/mol. The molecule has 1 atom stereocenters. The van der Waals surface area contributed by atoms with Gasteiger partial charge in [-0.2, -0.15) is 5.10 Å². The topological polar surface area (TPSA) is 89.5 Å². The maximum atomic E-state index is 13.2. The van der Waals surface area contributed by atoms with Gasteiger partial charge < -0.3 is 15.1 Å². The number of carbonyl (C=O) groups excluding carboxylic acids is 1. The number of aromatic hydroxyl groups is 1. The second-order valence-corrected chi connectivity index (χ2v) is 8.31. The van der Waals surface area contributed by atoms with Gasteiger partial charge in [-0.25, -0.2) is 0 Å². The molecule has 6 nitrogen and oxygen atoms in total. The molecule has 1 aliphatic rings. The Morgan fingerprint density at radius 2 is 1.93 bits per heavy atom. The fourth-order valence-electron chi connectivity index (χ4n) is 4.04. The number of hydrogen-bond acceptors (Lipinski definition) is 4. The van der Waals surface area contributed by atoms with E-state index in [4.69, 9.17) is 23.2 Å². The smallest absolute Gasteiger partial charge is 0.273 e. The highest BCUT2D eigenvalue weighted by atomic mass is 35.5. The van der Waals surface area contributed by atoms with Crippen molar-refractivity contribution in [2.45, 2.75) is 26.3 Å². The number of rotatable bonds is 5. The first-order valence-corrected chi connectivity index (χ1v) is 10.3. The number of aliphatic hydroxyl groups excluding tert-OH is 1. The van der Waals surface area contributed by atoms with Crippen LogP contribution >= 0.6 is 23.2 Å². The summed E-state index contributed by atoms with van der Waals surface area (Å²) in [5.41, 5.74) is 4.62. The van der Waals surface area contributed by atoms with Crippen LogP contribution in [0.2, 0.25) is 10.0 Å². The molecule has 3 N–H and O–H groups in total. The van der Waals surface area contributed by atoms with Gasteiger partial charge in [0.15, 0.2) is 0 Å². The minimum absolute atomic E-state index is 0.0330. The number of nitrogens with zero attached hydrogens (tertiary/aromatic N) is 2. The zero-order valence-electron chi connectivity index (χ0n) is 16.5. The van der Waals surface area contributed by atoms with Gasteiger partial charge in [-0.1, -0.05) is 35.3 Å². The lowest BCUT2D eigenvalue weighted by Gasteiger charge is -2.26. The summed E-state index contributed by atoms with van der Waals surface area (Å²) in [5, 5.41) is 28.1. The molecular weight excluding hydrogens is 425 g/mol. The predicted molar refractivity (Wildman–Crippen MR) is 116 cm³/mol. The van der Waals surface area contributed by atoms with Gasteiger partial charge >= 0.3 is 0 Å². The lowest BCUT2D eigenvalue weighted by molar-refractivity contribution is 0.0732. The monoisotopic (exact) mass is 445 g/mol. The number of nitrogens with one attached hydrogen (secondary N) is 1. The van der Waals surface area contributed by atoms with Crippen LogP contribution in [-0.4, -0.2) is 44.4 Å². The van der Waals surface area contributed by atoms with Crippen LogP contribution in [0.5, 0.6) is 5.75 Å². The van der Waals surface area contributed by atoms with Gasteiger partial charge in [-0.3, -0.25) is 9.89 Å². The molecule has 30 heavy (non-hydrogen) atoms. The van der Waals surface area contributed by atoms with Crippen molar-refractivity contribution in [2.24, 2.45) is 0 Å². The van der Waals surface area contributed by atoms with Crippen LogP contribution in [0, 0.1) is 13.8 Å². The van der Waals surface area contributed by atoms with Crippen molar-refractivity contribution in [1.82, 2.24) is 15.1 Å². The van der Waals surface area contributed by atoms with Gasteiger partial charge in [-0.05, 0) is 55.2 Å². The fourth-order valence-corrected chi connectivity index (χ4v) is 4.35. The normalized spacial score (nSPS) is 15.7. The van der Waals surface area contributed by atoms with E-state index in [-0.39, 0.29) is 18.3 Å². The van der Waals surface area contributed by atoms with Crippen molar-refractivity contribution in [3.63, 3.8) is 0 Å². The Morgan fingerprint density at radius 3 is 2.63 bits per heavy atom. The fraction of sp³-hybridized carbons (Fsp3) is 0.273. The van der Waals surface area contributed by atoms with Crippen LogP contribution in [0.25, 0.3) is 11.3 Å². The summed E-state index contributed by atoms with van der Waals surface area (Å²) in [5.74, 6) is -0.0822. The number of H-pyrrole nitrogens is 1. The summed E-state index contributed by atoms with van der Waals surface area (Å²) in [6.45, 7) is 4.10. The third-order valence-corrected chi connectivity index (χ3v) is 6.12. The number of aliphatic hydroxyl groups is 1. The van der Waals surface area contributed by atoms with Crippen molar-refractivity contribution < 1.29 is 15.0 Å². The highest BCUT2D eigenvalue weighted by Crippen LogP contribution is 2.46. The molecule has 0 spiro atoms. The van der Waals surface area contributed by atoms with E-state index in [9.17, 15) is 15.0 Å². The van der Waals surface area contributed by atoms with Crippen LogP contribution in [0.3, 0.4) is 0 Å². The second kappa shape index (κ2) is 7.95. The predicted octanol–water partition coefficient (Wildman–Crippen LogP) is 4.63. The Morgan fingerprint density at radius 1 is 1.17 bits per heavy atom. The number of fused-ring (bicyclic) bond motifs is 1. The van der Waals surface area contributed by atoms with Gasteiger partial charge in [0.2, 0.25) is 0 Å². The minimum Gasteiger partial charge on any atom is -0.507 e. The molecule has 0 fully saturated rings. The second-order valence-electron chi connectivity index (χ2n) is 7.49. The molecule has 0 radical (unpaired) electrons. The van der Waals surface area contributed by atoms with Crippen LogP contribution in [-0.2, 0) is 0 Å². The average Bonchev–Trinajstić information content (AvgIpc) is 3.24. The van der Waals surface area contributed by atoms with E-state index in [0.29, 0.717) is 45.5 Å². The molecule has 4 rings (SSSR count). The highest BCUT2D eigenvalue weighted by Gasteiger charge is 2.42. The molecule has 156 valence electrons. The van der Waals surface area contributed by atoms with Gasteiger partial charge in [0.25, 0.3) is 5.91 Å². The molecule has 8 heteroatoms. The first-order chi connectivity index (χ1) is 14.3. The van der Waals surface area contributed by atoms with Crippen molar-refractivity contribution in [3.05, 3.63) is 68.3 Å². The van der Waals surface area contributed by atoms with Crippen molar-refractivity contribution >= 4 is 29.1 Å². The molecule has 1 aromatic heterocycles. The first-order valence-electron chi connectivity index (χ1n) is 9.59. The van der Waals surface area contributed by atoms with Gasteiger partial charge in [-0.15, -0.1) is 0 Å². The highest BCUT2D eigenvalue weighted by molar-refractivity contribution is 6.42.